The van der Waals surface area contributed by atoms with Crippen LogP contribution in [0, 0.1) is 5.92 Å². The van der Waals surface area contributed by atoms with E-state index in [0.717, 1.165) is 38.0 Å². The van der Waals surface area contributed by atoms with Crippen molar-refractivity contribution in [2.45, 2.75) is 51.6 Å². The van der Waals surface area contributed by atoms with E-state index in [2.05, 4.69) is 5.32 Å². The van der Waals surface area contributed by atoms with Gasteiger partial charge in [0, 0.05) is 25.3 Å². The van der Waals surface area contributed by atoms with Gasteiger partial charge in [0.15, 0.2) is 0 Å². The van der Waals surface area contributed by atoms with Crippen LogP contribution >= 0.6 is 0 Å². The van der Waals surface area contributed by atoms with Crippen LogP contribution in [0.2, 0.25) is 0 Å². The van der Waals surface area contributed by atoms with Crippen molar-refractivity contribution in [2.24, 2.45) is 5.92 Å². The van der Waals surface area contributed by atoms with Crippen molar-refractivity contribution < 1.29 is 14.6 Å². The SMILES string of the molecule is CC(C)(O)CCc1ccc(C(=O)NCC[C@@H]2CCCOC2)cc1. The van der Waals surface area contributed by atoms with Crippen molar-refractivity contribution in [1.82, 2.24) is 5.32 Å². The van der Waals surface area contributed by atoms with Crippen LogP contribution in [0.5, 0.6) is 0 Å². The summed E-state index contributed by atoms with van der Waals surface area (Å²) in [4.78, 5) is 12.1. The summed E-state index contributed by atoms with van der Waals surface area (Å²) in [5.74, 6) is 0.559. The maximum Gasteiger partial charge on any atom is 0.251 e. The molecule has 0 aromatic heterocycles. The Bertz CT molecular complexity index is 484. The van der Waals surface area contributed by atoms with E-state index >= 15 is 0 Å². The van der Waals surface area contributed by atoms with Gasteiger partial charge in [0.2, 0.25) is 0 Å². The Kier molecular flexibility index (Phi) is 6.60. The van der Waals surface area contributed by atoms with Crippen LogP contribution in [0.25, 0.3) is 0 Å². The molecular weight excluding hydrogens is 290 g/mol. The third-order valence-corrected chi connectivity index (χ3v) is 4.33. The summed E-state index contributed by atoms with van der Waals surface area (Å²) in [5.41, 5.74) is 1.18. The molecule has 0 unspecified atom stereocenters. The van der Waals surface area contributed by atoms with Crippen molar-refractivity contribution in [3.8, 4) is 0 Å². The molecule has 1 aromatic rings. The van der Waals surface area contributed by atoms with Gasteiger partial charge in [0.25, 0.3) is 5.91 Å². The Morgan fingerprint density at radius 3 is 2.70 bits per heavy atom. The van der Waals surface area contributed by atoms with Gasteiger partial charge >= 0.3 is 0 Å². The lowest BCUT2D eigenvalue weighted by Gasteiger charge is -2.21. The second-order valence-electron chi connectivity index (χ2n) is 7.14. The summed E-state index contributed by atoms with van der Waals surface area (Å²) in [6.07, 6.45) is 4.83. The summed E-state index contributed by atoms with van der Waals surface area (Å²) >= 11 is 0. The van der Waals surface area contributed by atoms with E-state index in [0.29, 0.717) is 24.4 Å². The molecule has 4 nitrogen and oxygen atoms in total. The lowest BCUT2D eigenvalue weighted by atomic mass is 9.98. The van der Waals surface area contributed by atoms with Gasteiger partial charge in [-0.25, -0.2) is 0 Å². The van der Waals surface area contributed by atoms with Crippen molar-refractivity contribution >= 4 is 5.91 Å². The number of hydrogen-bond acceptors (Lipinski definition) is 3. The van der Waals surface area contributed by atoms with Crippen molar-refractivity contribution in [1.29, 1.82) is 0 Å². The Hall–Kier alpha value is -1.39. The van der Waals surface area contributed by atoms with Crippen molar-refractivity contribution in [2.75, 3.05) is 19.8 Å². The van der Waals surface area contributed by atoms with Crippen LogP contribution in [0.4, 0.5) is 0 Å². The Morgan fingerprint density at radius 1 is 1.35 bits per heavy atom. The van der Waals surface area contributed by atoms with Gasteiger partial charge < -0.3 is 15.2 Å². The minimum atomic E-state index is -0.654. The van der Waals surface area contributed by atoms with Gasteiger partial charge in [0.05, 0.1) is 5.60 Å². The van der Waals surface area contributed by atoms with Gasteiger partial charge in [0.1, 0.15) is 0 Å². The first-order valence-corrected chi connectivity index (χ1v) is 8.61. The van der Waals surface area contributed by atoms with Gasteiger partial charge in [-0.15, -0.1) is 0 Å². The van der Waals surface area contributed by atoms with E-state index in [1.165, 1.54) is 6.42 Å². The third-order valence-electron chi connectivity index (χ3n) is 4.33. The van der Waals surface area contributed by atoms with Crippen LogP contribution < -0.4 is 5.32 Å². The molecule has 1 heterocycles. The predicted octanol–water partition coefficient (Wildman–Crippen LogP) is 2.94. The number of nitrogens with one attached hydrogen (secondary N) is 1. The molecule has 2 N–H and O–H groups in total. The maximum atomic E-state index is 12.1. The van der Waals surface area contributed by atoms with Gasteiger partial charge in [-0.2, -0.15) is 0 Å². The average molecular weight is 319 g/mol. The molecule has 0 radical (unpaired) electrons. The van der Waals surface area contributed by atoms with Gasteiger partial charge in [-0.1, -0.05) is 12.1 Å². The zero-order valence-electron chi connectivity index (χ0n) is 14.3. The fraction of sp³-hybridized carbons (Fsp3) is 0.632. The first-order valence-electron chi connectivity index (χ1n) is 8.61. The quantitative estimate of drug-likeness (QED) is 0.812. The van der Waals surface area contributed by atoms with E-state index in [1.807, 2.05) is 38.1 Å². The number of aliphatic hydroxyl groups is 1. The number of amides is 1. The summed E-state index contributed by atoms with van der Waals surface area (Å²) in [5, 5.41) is 12.7. The highest BCUT2D eigenvalue weighted by Crippen LogP contribution is 2.16. The summed E-state index contributed by atoms with van der Waals surface area (Å²) in [6, 6.07) is 7.66. The molecule has 1 atom stereocenters. The molecule has 1 aliphatic heterocycles. The smallest absolute Gasteiger partial charge is 0.251 e. The minimum Gasteiger partial charge on any atom is -0.390 e. The zero-order chi connectivity index (χ0) is 16.7. The first-order chi connectivity index (χ1) is 10.9. The number of aryl methyl sites for hydroxylation is 1. The Labute approximate surface area is 139 Å². The third kappa shape index (κ3) is 6.71. The van der Waals surface area contributed by atoms with E-state index in [9.17, 15) is 9.90 Å². The molecule has 0 spiro atoms. The number of rotatable bonds is 7. The lowest BCUT2D eigenvalue weighted by molar-refractivity contribution is 0.0514. The molecule has 4 heteroatoms. The molecule has 1 aliphatic rings. The largest absolute Gasteiger partial charge is 0.390 e. The average Bonchev–Trinajstić information content (AvgIpc) is 2.54. The first kappa shape index (κ1) is 18.0. The molecule has 23 heavy (non-hydrogen) atoms. The summed E-state index contributed by atoms with van der Waals surface area (Å²) in [6.45, 7) is 6.03. The highest BCUT2D eigenvalue weighted by atomic mass is 16.5. The second-order valence-corrected chi connectivity index (χ2v) is 7.14. The van der Waals surface area contributed by atoms with E-state index in [1.54, 1.807) is 0 Å². The number of carbonyl (C=O) groups excluding carboxylic acids is 1. The molecule has 2 rings (SSSR count). The van der Waals surface area contributed by atoms with E-state index in [-0.39, 0.29) is 5.91 Å². The fourth-order valence-electron chi connectivity index (χ4n) is 2.80. The number of carbonyl (C=O) groups is 1. The molecule has 1 aromatic carbocycles. The summed E-state index contributed by atoms with van der Waals surface area (Å²) in [7, 11) is 0. The van der Waals surface area contributed by atoms with Gasteiger partial charge in [-0.05, 0) is 69.6 Å². The minimum absolute atomic E-state index is 0.0178. The number of hydrogen-bond donors (Lipinski definition) is 2. The van der Waals surface area contributed by atoms with Crippen LogP contribution in [-0.4, -0.2) is 36.4 Å². The van der Waals surface area contributed by atoms with Crippen LogP contribution in [0.3, 0.4) is 0 Å². The highest BCUT2D eigenvalue weighted by molar-refractivity contribution is 5.94. The fourth-order valence-corrected chi connectivity index (χ4v) is 2.80. The standard InChI is InChI=1S/C19H29NO3/c1-19(2,22)11-9-15-5-7-17(8-6-15)18(21)20-12-10-16-4-3-13-23-14-16/h5-8,16,22H,3-4,9-14H2,1-2H3,(H,20,21)/t16-/m0/s1. The van der Waals surface area contributed by atoms with Crippen LogP contribution in [0.15, 0.2) is 24.3 Å². The normalized spacial score (nSPS) is 18.7. The monoisotopic (exact) mass is 319 g/mol. The molecule has 0 saturated carbocycles. The molecule has 128 valence electrons. The van der Waals surface area contributed by atoms with Crippen LogP contribution in [-0.2, 0) is 11.2 Å². The number of benzene rings is 1. The summed E-state index contributed by atoms with van der Waals surface area (Å²) < 4.78 is 5.45. The second kappa shape index (κ2) is 8.46. The molecule has 1 saturated heterocycles. The zero-order valence-corrected chi connectivity index (χ0v) is 14.3. The molecule has 0 aliphatic carbocycles. The molecular formula is C19H29NO3. The molecule has 0 bridgehead atoms. The molecule has 1 fully saturated rings. The number of ether oxygens (including phenoxy) is 1. The van der Waals surface area contributed by atoms with E-state index < -0.39 is 5.60 Å². The highest BCUT2D eigenvalue weighted by Gasteiger charge is 2.15. The van der Waals surface area contributed by atoms with Crippen LogP contribution in [0.1, 0.15) is 55.5 Å². The lowest BCUT2D eigenvalue weighted by Crippen LogP contribution is -2.28. The Balaban J connectivity index is 1.73. The maximum absolute atomic E-state index is 12.1. The van der Waals surface area contributed by atoms with Crippen molar-refractivity contribution in [3.05, 3.63) is 35.4 Å². The predicted molar refractivity (Wildman–Crippen MR) is 91.6 cm³/mol. The van der Waals surface area contributed by atoms with E-state index in [4.69, 9.17) is 4.74 Å². The van der Waals surface area contributed by atoms with Gasteiger partial charge in [-0.3, -0.25) is 4.79 Å². The Morgan fingerprint density at radius 2 is 2.09 bits per heavy atom. The topological polar surface area (TPSA) is 58.6 Å². The molecule has 1 amide bonds. The van der Waals surface area contributed by atoms with Crippen molar-refractivity contribution in [3.63, 3.8) is 0 Å².